The van der Waals surface area contributed by atoms with Crippen LogP contribution in [-0.4, -0.2) is 18.8 Å². The molecule has 0 aliphatic rings. The molecular formula is C19H21NO2S. The summed E-state index contributed by atoms with van der Waals surface area (Å²) in [5.74, 6) is 1.46. The van der Waals surface area contributed by atoms with Gasteiger partial charge in [0.25, 0.3) is 5.91 Å². The van der Waals surface area contributed by atoms with E-state index in [0.29, 0.717) is 5.56 Å². The van der Waals surface area contributed by atoms with Gasteiger partial charge in [-0.05, 0) is 25.1 Å². The molecule has 0 aromatic heterocycles. The summed E-state index contributed by atoms with van der Waals surface area (Å²) in [4.78, 5) is 13.6. The minimum absolute atomic E-state index is 0.0874. The van der Waals surface area contributed by atoms with Crippen molar-refractivity contribution >= 4 is 17.7 Å². The molecule has 0 saturated carbocycles. The Morgan fingerprint density at radius 2 is 1.96 bits per heavy atom. The lowest BCUT2D eigenvalue weighted by molar-refractivity contribution is 0.0936. The number of methoxy groups -OCH3 is 1. The van der Waals surface area contributed by atoms with Crippen LogP contribution in [0.2, 0.25) is 0 Å². The number of carbonyl (C=O) groups excluding carboxylic acids is 1. The molecule has 0 aliphatic carbocycles. The minimum atomic E-state index is -0.142. The third-order valence-electron chi connectivity index (χ3n) is 3.44. The molecule has 23 heavy (non-hydrogen) atoms. The summed E-state index contributed by atoms with van der Waals surface area (Å²) < 4.78 is 5.36. The Morgan fingerprint density at radius 1 is 1.26 bits per heavy atom. The highest BCUT2D eigenvalue weighted by molar-refractivity contribution is 7.99. The first-order valence-electron chi connectivity index (χ1n) is 7.44. The van der Waals surface area contributed by atoms with Crippen LogP contribution in [0.4, 0.5) is 0 Å². The number of amides is 1. The average molecular weight is 327 g/mol. The van der Waals surface area contributed by atoms with E-state index in [0.717, 1.165) is 22.0 Å². The Morgan fingerprint density at radius 3 is 2.70 bits per heavy atom. The third kappa shape index (κ3) is 4.39. The Bertz CT molecular complexity index is 685. The summed E-state index contributed by atoms with van der Waals surface area (Å²) in [6, 6.07) is 15.2. The largest absolute Gasteiger partial charge is 0.496 e. The highest BCUT2D eigenvalue weighted by Gasteiger charge is 2.16. The van der Waals surface area contributed by atoms with Crippen LogP contribution in [0, 0.1) is 0 Å². The van der Waals surface area contributed by atoms with Crippen molar-refractivity contribution < 1.29 is 9.53 Å². The molecule has 2 aromatic carbocycles. The van der Waals surface area contributed by atoms with Crippen molar-refractivity contribution in [3.05, 3.63) is 72.3 Å². The SMILES string of the molecule is C=CCSc1ccccc1C(=O)N[C@@H](C)c1ccccc1OC. The van der Waals surface area contributed by atoms with Crippen molar-refractivity contribution in [2.24, 2.45) is 0 Å². The number of ether oxygens (including phenoxy) is 1. The van der Waals surface area contributed by atoms with Gasteiger partial charge >= 0.3 is 0 Å². The van der Waals surface area contributed by atoms with E-state index in [9.17, 15) is 4.79 Å². The van der Waals surface area contributed by atoms with Crippen molar-refractivity contribution in [1.29, 1.82) is 0 Å². The molecule has 0 unspecified atom stereocenters. The predicted octanol–water partition coefficient (Wildman–Crippen LogP) is 4.46. The van der Waals surface area contributed by atoms with Crippen LogP contribution in [-0.2, 0) is 0 Å². The summed E-state index contributed by atoms with van der Waals surface area (Å²) in [6.45, 7) is 5.68. The quantitative estimate of drug-likeness (QED) is 0.602. The van der Waals surface area contributed by atoms with Crippen molar-refractivity contribution in [2.75, 3.05) is 12.9 Å². The van der Waals surface area contributed by atoms with Crippen molar-refractivity contribution in [2.45, 2.75) is 17.9 Å². The molecule has 2 rings (SSSR count). The van der Waals surface area contributed by atoms with Crippen LogP contribution in [0.5, 0.6) is 5.75 Å². The molecule has 0 fully saturated rings. The lowest BCUT2D eigenvalue weighted by Gasteiger charge is -2.18. The lowest BCUT2D eigenvalue weighted by Crippen LogP contribution is -2.27. The van der Waals surface area contributed by atoms with Crippen molar-refractivity contribution in [3.63, 3.8) is 0 Å². The summed E-state index contributed by atoms with van der Waals surface area (Å²) >= 11 is 1.60. The van der Waals surface area contributed by atoms with Gasteiger partial charge in [0.2, 0.25) is 0 Å². The summed E-state index contributed by atoms with van der Waals surface area (Å²) in [6.07, 6.45) is 1.83. The van der Waals surface area contributed by atoms with Gasteiger partial charge in [-0.25, -0.2) is 0 Å². The van der Waals surface area contributed by atoms with Crippen LogP contribution in [0.3, 0.4) is 0 Å². The second-order valence-electron chi connectivity index (χ2n) is 5.03. The van der Waals surface area contributed by atoms with Crippen molar-refractivity contribution in [3.8, 4) is 5.75 Å². The van der Waals surface area contributed by atoms with Gasteiger partial charge in [-0.3, -0.25) is 4.79 Å². The number of nitrogens with one attached hydrogen (secondary N) is 1. The van der Waals surface area contributed by atoms with Gasteiger partial charge in [-0.1, -0.05) is 36.4 Å². The number of para-hydroxylation sites is 1. The second-order valence-corrected chi connectivity index (χ2v) is 6.09. The van der Waals surface area contributed by atoms with Gasteiger partial charge in [0, 0.05) is 16.2 Å². The summed E-state index contributed by atoms with van der Waals surface area (Å²) in [7, 11) is 1.63. The highest BCUT2D eigenvalue weighted by atomic mass is 32.2. The molecule has 2 aromatic rings. The molecule has 0 spiro atoms. The maximum Gasteiger partial charge on any atom is 0.252 e. The van der Waals surface area contributed by atoms with E-state index in [4.69, 9.17) is 4.74 Å². The van der Waals surface area contributed by atoms with Gasteiger partial charge in [0.1, 0.15) is 5.75 Å². The maximum atomic E-state index is 12.6. The predicted molar refractivity (Wildman–Crippen MR) is 96.2 cm³/mol. The average Bonchev–Trinajstić information content (AvgIpc) is 2.60. The zero-order chi connectivity index (χ0) is 16.7. The van der Waals surface area contributed by atoms with E-state index in [-0.39, 0.29) is 11.9 Å². The minimum Gasteiger partial charge on any atom is -0.496 e. The van der Waals surface area contributed by atoms with Crippen LogP contribution in [0.15, 0.2) is 66.1 Å². The number of hydrogen-bond donors (Lipinski definition) is 1. The number of hydrogen-bond acceptors (Lipinski definition) is 3. The molecule has 3 nitrogen and oxygen atoms in total. The van der Waals surface area contributed by atoms with Crippen LogP contribution >= 0.6 is 11.8 Å². The first kappa shape index (κ1) is 17.2. The third-order valence-corrected chi connectivity index (χ3v) is 4.51. The van der Waals surface area contributed by atoms with Gasteiger partial charge < -0.3 is 10.1 Å². The number of benzene rings is 2. The number of thioether (sulfide) groups is 1. The lowest BCUT2D eigenvalue weighted by atomic mass is 10.1. The first-order valence-corrected chi connectivity index (χ1v) is 8.42. The zero-order valence-corrected chi connectivity index (χ0v) is 14.2. The summed E-state index contributed by atoms with van der Waals surface area (Å²) in [5, 5.41) is 3.05. The van der Waals surface area contributed by atoms with Crippen LogP contribution in [0.1, 0.15) is 28.9 Å². The molecule has 0 aliphatic heterocycles. The molecule has 1 atom stereocenters. The molecule has 4 heteroatoms. The number of carbonyl (C=O) groups is 1. The van der Waals surface area contributed by atoms with Gasteiger partial charge in [-0.15, -0.1) is 18.3 Å². The topological polar surface area (TPSA) is 38.3 Å². The smallest absolute Gasteiger partial charge is 0.252 e. The van der Waals surface area contributed by atoms with Gasteiger partial charge in [0.05, 0.1) is 18.7 Å². The fourth-order valence-corrected chi connectivity index (χ4v) is 3.09. The van der Waals surface area contributed by atoms with E-state index < -0.39 is 0 Å². The Kier molecular flexibility index (Phi) is 6.29. The van der Waals surface area contributed by atoms with Crippen LogP contribution in [0.25, 0.3) is 0 Å². The second kappa shape index (κ2) is 8.44. The van der Waals surface area contributed by atoms with E-state index in [1.54, 1.807) is 18.9 Å². The molecule has 0 heterocycles. The summed E-state index contributed by atoms with van der Waals surface area (Å²) in [5.41, 5.74) is 1.64. The van der Waals surface area contributed by atoms with E-state index >= 15 is 0 Å². The van der Waals surface area contributed by atoms with Crippen LogP contribution < -0.4 is 10.1 Å². The molecule has 1 amide bonds. The van der Waals surface area contributed by atoms with E-state index in [2.05, 4.69) is 11.9 Å². The fraction of sp³-hybridized carbons (Fsp3) is 0.211. The molecular weight excluding hydrogens is 306 g/mol. The Labute approximate surface area is 141 Å². The van der Waals surface area contributed by atoms with Crippen molar-refractivity contribution in [1.82, 2.24) is 5.32 Å². The maximum absolute atomic E-state index is 12.6. The first-order chi connectivity index (χ1) is 11.2. The van der Waals surface area contributed by atoms with Gasteiger partial charge in [-0.2, -0.15) is 0 Å². The van der Waals surface area contributed by atoms with Gasteiger partial charge in [0.15, 0.2) is 0 Å². The molecule has 0 saturated heterocycles. The molecule has 0 bridgehead atoms. The normalized spacial score (nSPS) is 11.6. The highest BCUT2D eigenvalue weighted by Crippen LogP contribution is 2.26. The standard InChI is InChI=1S/C19H21NO2S/c1-4-13-23-18-12-8-6-10-16(18)19(21)20-14(2)15-9-5-7-11-17(15)22-3/h4-12,14H,1,13H2,2-3H3,(H,20,21)/t14-/m0/s1. The monoisotopic (exact) mass is 327 g/mol. The Hall–Kier alpha value is -2.20. The molecule has 1 N–H and O–H groups in total. The Balaban J connectivity index is 2.17. The fourth-order valence-electron chi connectivity index (χ4n) is 2.31. The molecule has 120 valence electrons. The number of rotatable bonds is 7. The van der Waals surface area contributed by atoms with E-state index in [1.807, 2.05) is 61.5 Å². The van der Waals surface area contributed by atoms with E-state index in [1.165, 1.54) is 0 Å². The molecule has 0 radical (unpaired) electrons. The zero-order valence-electron chi connectivity index (χ0n) is 13.4.